The SMILES string of the molecule is COc1ccc(NC(=O)CN(c2ccc(F)cc2)S(=O)(=O)c2cccc3cnccc23)cc1. The molecule has 1 amide bonds. The first-order valence-electron chi connectivity index (χ1n) is 9.93. The van der Waals surface area contributed by atoms with E-state index in [2.05, 4.69) is 10.3 Å². The molecule has 168 valence electrons. The predicted octanol–water partition coefficient (Wildman–Crippen LogP) is 4.22. The maximum absolute atomic E-state index is 13.7. The molecule has 0 radical (unpaired) electrons. The van der Waals surface area contributed by atoms with Gasteiger partial charge >= 0.3 is 0 Å². The number of rotatable bonds is 7. The van der Waals surface area contributed by atoms with Crippen molar-refractivity contribution >= 4 is 38.1 Å². The Balaban J connectivity index is 1.71. The van der Waals surface area contributed by atoms with Crippen LogP contribution in [0, 0.1) is 5.82 Å². The number of aromatic nitrogens is 1. The third-order valence-electron chi connectivity index (χ3n) is 4.98. The Morgan fingerprint density at radius 2 is 1.76 bits per heavy atom. The molecule has 0 saturated carbocycles. The van der Waals surface area contributed by atoms with Gasteiger partial charge in [-0.3, -0.25) is 14.1 Å². The third-order valence-corrected chi connectivity index (χ3v) is 6.82. The van der Waals surface area contributed by atoms with Gasteiger partial charge < -0.3 is 10.1 Å². The molecule has 4 aromatic rings. The first-order valence-corrected chi connectivity index (χ1v) is 11.4. The molecule has 0 aliphatic rings. The van der Waals surface area contributed by atoms with Crippen LogP contribution in [0.4, 0.5) is 15.8 Å². The fraction of sp³-hybridized carbons (Fsp3) is 0.0833. The lowest BCUT2D eigenvalue weighted by Crippen LogP contribution is -2.38. The van der Waals surface area contributed by atoms with Crippen molar-refractivity contribution < 1.29 is 22.3 Å². The first kappa shape index (κ1) is 22.2. The number of nitrogens with zero attached hydrogens (tertiary/aromatic N) is 2. The molecule has 1 heterocycles. The molecule has 1 aromatic heterocycles. The fourth-order valence-corrected chi connectivity index (χ4v) is 5.00. The Bertz CT molecular complexity index is 1390. The Morgan fingerprint density at radius 1 is 1.03 bits per heavy atom. The molecule has 0 saturated heterocycles. The van der Waals surface area contributed by atoms with Gasteiger partial charge in [-0.05, 0) is 60.7 Å². The summed E-state index contributed by atoms with van der Waals surface area (Å²) in [6.45, 7) is -0.512. The number of carbonyl (C=O) groups excluding carboxylic acids is 1. The molecule has 1 N–H and O–H groups in total. The van der Waals surface area contributed by atoms with Crippen molar-refractivity contribution in [3.63, 3.8) is 0 Å². The minimum atomic E-state index is -4.19. The van der Waals surface area contributed by atoms with E-state index in [0.717, 1.165) is 16.4 Å². The molecule has 7 nitrogen and oxygen atoms in total. The Hall–Kier alpha value is -3.98. The quantitative estimate of drug-likeness (QED) is 0.442. The second-order valence-electron chi connectivity index (χ2n) is 7.12. The highest BCUT2D eigenvalue weighted by molar-refractivity contribution is 7.93. The van der Waals surface area contributed by atoms with E-state index in [1.54, 1.807) is 48.7 Å². The maximum Gasteiger partial charge on any atom is 0.265 e. The second-order valence-corrected chi connectivity index (χ2v) is 8.95. The number of ether oxygens (including phenoxy) is 1. The van der Waals surface area contributed by atoms with E-state index in [1.807, 2.05) is 0 Å². The topological polar surface area (TPSA) is 88.6 Å². The first-order chi connectivity index (χ1) is 15.9. The van der Waals surface area contributed by atoms with Crippen molar-refractivity contribution in [1.82, 2.24) is 4.98 Å². The number of methoxy groups -OCH3 is 1. The van der Waals surface area contributed by atoms with Crippen molar-refractivity contribution in [2.24, 2.45) is 0 Å². The number of amides is 1. The molecule has 33 heavy (non-hydrogen) atoms. The zero-order valence-corrected chi connectivity index (χ0v) is 18.4. The summed E-state index contributed by atoms with van der Waals surface area (Å²) in [7, 11) is -2.66. The number of halogens is 1. The highest BCUT2D eigenvalue weighted by Gasteiger charge is 2.29. The van der Waals surface area contributed by atoms with Crippen molar-refractivity contribution in [3.8, 4) is 5.75 Å². The number of hydrogen-bond donors (Lipinski definition) is 1. The molecular weight excluding hydrogens is 445 g/mol. The molecule has 4 rings (SSSR count). The number of hydrogen-bond acceptors (Lipinski definition) is 5. The summed E-state index contributed by atoms with van der Waals surface area (Å²) >= 11 is 0. The molecular formula is C24H20FN3O4S. The molecule has 0 aliphatic carbocycles. The standard InChI is InChI=1S/C24H20FN3O4S/c1-32-21-11-7-19(8-12-21)27-24(29)16-28(20-9-5-18(25)6-10-20)33(30,31)23-4-2-3-17-15-26-14-13-22(17)23/h2-15H,16H2,1H3,(H,27,29). The summed E-state index contributed by atoms with van der Waals surface area (Å²) < 4.78 is 47.0. The molecule has 0 unspecified atom stereocenters. The lowest BCUT2D eigenvalue weighted by atomic mass is 10.2. The van der Waals surface area contributed by atoms with Gasteiger partial charge in [0.05, 0.1) is 17.7 Å². The molecule has 0 spiro atoms. The molecule has 0 fully saturated rings. The number of anilines is 2. The summed E-state index contributed by atoms with van der Waals surface area (Å²) in [6.07, 6.45) is 3.06. The van der Waals surface area contributed by atoms with Gasteiger partial charge in [-0.25, -0.2) is 12.8 Å². The van der Waals surface area contributed by atoms with E-state index in [1.165, 1.54) is 31.5 Å². The van der Waals surface area contributed by atoms with E-state index in [9.17, 15) is 17.6 Å². The molecule has 9 heteroatoms. The van der Waals surface area contributed by atoms with Gasteiger partial charge in [0.15, 0.2) is 0 Å². The van der Waals surface area contributed by atoms with Crippen molar-refractivity contribution in [2.75, 3.05) is 23.3 Å². The number of benzene rings is 3. The summed E-state index contributed by atoms with van der Waals surface area (Å²) in [5, 5.41) is 3.79. The van der Waals surface area contributed by atoms with Gasteiger partial charge in [0.2, 0.25) is 5.91 Å². The van der Waals surface area contributed by atoms with E-state index in [-0.39, 0.29) is 10.6 Å². The molecule has 0 bridgehead atoms. The van der Waals surface area contributed by atoms with Gasteiger partial charge in [-0.15, -0.1) is 0 Å². The van der Waals surface area contributed by atoms with Crippen molar-refractivity contribution in [2.45, 2.75) is 4.90 Å². The zero-order valence-electron chi connectivity index (χ0n) is 17.6. The lowest BCUT2D eigenvalue weighted by molar-refractivity contribution is -0.114. The van der Waals surface area contributed by atoms with E-state index >= 15 is 0 Å². The van der Waals surface area contributed by atoms with Crippen LogP contribution >= 0.6 is 0 Å². The lowest BCUT2D eigenvalue weighted by Gasteiger charge is -2.25. The van der Waals surface area contributed by atoms with E-state index < -0.39 is 28.3 Å². The van der Waals surface area contributed by atoms with Crippen LogP contribution in [0.1, 0.15) is 0 Å². The van der Waals surface area contributed by atoms with Gasteiger partial charge in [-0.1, -0.05) is 12.1 Å². The van der Waals surface area contributed by atoms with Crippen LogP contribution in [0.2, 0.25) is 0 Å². The Labute approximate surface area is 190 Å². The minimum absolute atomic E-state index is 0.0176. The van der Waals surface area contributed by atoms with Crippen LogP contribution in [0.5, 0.6) is 5.75 Å². The van der Waals surface area contributed by atoms with Gasteiger partial charge in [0.25, 0.3) is 10.0 Å². The maximum atomic E-state index is 13.7. The average molecular weight is 466 g/mol. The monoisotopic (exact) mass is 465 g/mol. The van der Waals surface area contributed by atoms with Crippen LogP contribution in [-0.4, -0.2) is 33.0 Å². The largest absolute Gasteiger partial charge is 0.497 e. The fourth-order valence-electron chi connectivity index (χ4n) is 3.36. The van der Waals surface area contributed by atoms with Gasteiger partial charge in [0, 0.05) is 28.9 Å². The molecule has 0 atom stereocenters. The second kappa shape index (κ2) is 9.25. The number of fused-ring (bicyclic) bond motifs is 1. The highest BCUT2D eigenvalue weighted by atomic mass is 32.2. The van der Waals surface area contributed by atoms with Crippen LogP contribution in [0.3, 0.4) is 0 Å². The van der Waals surface area contributed by atoms with E-state index in [4.69, 9.17) is 4.74 Å². The highest BCUT2D eigenvalue weighted by Crippen LogP contribution is 2.29. The van der Waals surface area contributed by atoms with Crippen LogP contribution in [-0.2, 0) is 14.8 Å². The Kier molecular flexibility index (Phi) is 6.23. The van der Waals surface area contributed by atoms with Gasteiger partial charge in [0.1, 0.15) is 18.1 Å². The number of pyridine rings is 1. The molecule has 3 aromatic carbocycles. The molecule has 0 aliphatic heterocycles. The minimum Gasteiger partial charge on any atom is -0.497 e. The predicted molar refractivity (Wildman–Crippen MR) is 124 cm³/mol. The van der Waals surface area contributed by atoms with Gasteiger partial charge in [-0.2, -0.15) is 0 Å². The van der Waals surface area contributed by atoms with Crippen LogP contribution in [0.25, 0.3) is 10.8 Å². The summed E-state index contributed by atoms with van der Waals surface area (Å²) in [5.74, 6) is -0.459. The van der Waals surface area contributed by atoms with Crippen LogP contribution < -0.4 is 14.4 Å². The summed E-state index contributed by atoms with van der Waals surface area (Å²) in [4.78, 5) is 16.9. The van der Waals surface area contributed by atoms with Crippen molar-refractivity contribution in [3.05, 3.63) is 91.0 Å². The smallest absolute Gasteiger partial charge is 0.265 e. The Morgan fingerprint density at radius 3 is 2.45 bits per heavy atom. The zero-order chi connectivity index (χ0) is 23.4. The number of nitrogens with one attached hydrogen (secondary N) is 1. The van der Waals surface area contributed by atoms with Crippen molar-refractivity contribution in [1.29, 1.82) is 0 Å². The third kappa shape index (κ3) is 4.78. The summed E-state index contributed by atoms with van der Waals surface area (Å²) in [5.41, 5.74) is 0.640. The summed E-state index contributed by atoms with van der Waals surface area (Å²) in [6, 6.07) is 18.0. The normalized spacial score (nSPS) is 11.2. The number of carbonyl (C=O) groups is 1. The van der Waals surface area contributed by atoms with E-state index in [0.29, 0.717) is 22.2 Å². The van der Waals surface area contributed by atoms with Crippen LogP contribution in [0.15, 0.2) is 90.1 Å². The number of sulfonamides is 1. The average Bonchev–Trinajstić information content (AvgIpc) is 2.83.